The van der Waals surface area contributed by atoms with Crippen molar-refractivity contribution in [2.75, 3.05) is 10.6 Å². The highest BCUT2D eigenvalue weighted by Gasteiger charge is 2.20. The minimum atomic E-state index is -0.427. The lowest BCUT2D eigenvalue weighted by Gasteiger charge is -2.08. The molecule has 8 heteroatoms. The average molecular weight is 470 g/mol. The summed E-state index contributed by atoms with van der Waals surface area (Å²) in [6.45, 7) is 0. The predicted octanol–water partition coefficient (Wildman–Crippen LogP) is 5.48. The molecule has 0 aliphatic carbocycles. The number of anilines is 2. The van der Waals surface area contributed by atoms with E-state index in [0.717, 1.165) is 10.8 Å². The fourth-order valence-electron chi connectivity index (χ4n) is 2.90. The summed E-state index contributed by atoms with van der Waals surface area (Å²) in [6, 6.07) is 20.1. The average Bonchev–Trinajstić information content (AvgIpc) is 3.09. The highest BCUT2D eigenvalue weighted by Crippen LogP contribution is 2.28. The molecule has 0 fully saturated rings. The molecule has 0 atom stereocenters. The van der Waals surface area contributed by atoms with Crippen LogP contribution in [0.1, 0.15) is 20.8 Å². The van der Waals surface area contributed by atoms with Gasteiger partial charge < -0.3 is 10.6 Å². The maximum atomic E-state index is 12.8. The number of hydrogen-bond acceptors (Lipinski definition) is 3. The molecule has 0 saturated carbocycles. The van der Waals surface area contributed by atoms with E-state index < -0.39 is 5.91 Å². The van der Waals surface area contributed by atoms with Crippen LogP contribution in [0.5, 0.6) is 0 Å². The van der Waals surface area contributed by atoms with Gasteiger partial charge in [-0.1, -0.05) is 60.1 Å². The molecule has 0 aliphatic rings. The largest absolute Gasteiger partial charge is 0.320 e. The first-order valence-electron chi connectivity index (χ1n) is 8.63. The molecule has 2 amide bonds. The van der Waals surface area contributed by atoms with Crippen molar-refractivity contribution in [2.45, 2.75) is 0 Å². The van der Waals surface area contributed by atoms with Crippen LogP contribution in [0.15, 0.2) is 71.2 Å². The Hall–Kier alpha value is -3.16. The zero-order valence-electron chi connectivity index (χ0n) is 14.9. The highest BCUT2D eigenvalue weighted by molar-refractivity contribution is 9.10. The van der Waals surface area contributed by atoms with Crippen LogP contribution in [0.2, 0.25) is 5.02 Å². The van der Waals surface area contributed by atoms with Crippen molar-refractivity contribution in [1.82, 2.24) is 10.2 Å². The Morgan fingerprint density at radius 2 is 1.62 bits per heavy atom. The number of nitrogens with one attached hydrogen (secondary N) is 3. The molecule has 3 N–H and O–H groups in total. The summed E-state index contributed by atoms with van der Waals surface area (Å²) in [5, 5.41) is 14.5. The molecule has 4 rings (SSSR count). The maximum Gasteiger partial charge on any atom is 0.274 e. The van der Waals surface area contributed by atoms with Gasteiger partial charge in [0.25, 0.3) is 11.8 Å². The second-order valence-electron chi connectivity index (χ2n) is 6.18. The second-order valence-corrected chi connectivity index (χ2v) is 7.38. The van der Waals surface area contributed by atoms with Crippen molar-refractivity contribution in [1.29, 1.82) is 0 Å². The van der Waals surface area contributed by atoms with Crippen LogP contribution >= 0.6 is 27.5 Å². The third kappa shape index (κ3) is 3.87. The fourth-order valence-corrected chi connectivity index (χ4v) is 3.58. The van der Waals surface area contributed by atoms with Gasteiger partial charge in [-0.25, -0.2) is 0 Å². The number of halogens is 2. The number of amides is 2. The van der Waals surface area contributed by atoms with Crippen molar-refractivity contribution >= 4 is 61.6 Å². The van der Waals surface area contributed by atoms with Crippen LogP contribution in [0.3, 0.4) is 0 Å². The summed E-state index contributed by atoms with van der Waals surface area (Å²) in [4.78, 5) is 25.2. The molecule has 4 aromatic rings. The van der Waals surface area contributed by atoms with E-state index in [1.165, 1.54) is 0 Å². The predicted molar refractivity (Wildman–Crippen MR) is 118 cm³/mol. The monoisotopic (exact) mass is 468 g/mol. The van der Waals surface area contributed by atoms with E-state index in [9.17, 15) is 9.59 Å². The quantitative estimate of drug-likeness (QED) is 0.370. The molecule has 0 radical (unpaired) electrons. The van der Waals surface area contributed by atoms with Gasteiger partial charge in [0, 0.05) is 11.1 Å². The van der Waals surface area contributed by atoms with Gasteiger partial charge in [-0.2, -0.15) is 5.10 Å². The Kier molecular flexibility index (Phi) is 5.33. The highest BCUT2D eigenvalue weighted by atomic mass is 79.9. The molecule has 29 heavy (non-hydrogen) atoms. The first kappa shape index (κ1) is 19.2. The summed E-state index contributed by atoms with van der Waals surface area (Å²) in [7, 11) is 0. The molecule has 6 nitrogen and oxygen atoms in total. The van der Waals surface area contributed by atoms with E-state index in [2.05, 4.69) is 36.8 Å². The van der Waals surface area contributed by atoms with Crippen LogP contribution < -0.4 is 10.6 Å². The van der Waals surface area contributed by atoms with Gasteiger partial charge in [-0.3, -0.25) is 14.7 Å². The fraction of sp³-hybridized carbons (Fsp3) is 0. The molecular weight excluding hydrogens is 456 g/mol. The maximum absolute atomic E-state index is 12.8. The van der Waals surface area contributed by atoms with Gasteiger partial charge in [0.05, 0.1) is 15.1 Å². The van der Waals surface area contributed by atoms with Gasteiger partial charge in [0.1, 0.15) is 5.69 Å². The second kappa shape index (κ2) is 8.06. The molecule has 1 heterocycles. The SMILES string of the molecule is O=C(Nc1n[nH]c(C(=O)Nc2cccc3ccccc23)c1Br)c1ccccc1Cl. The zero-order chi connectivity index (χ0) is 20.4. The first-order valence-corrected chi connectivity index (χ1v) is 9.80. The summed E-state index contributed by atoms with van der Waals surface area (Å²) in [5.41, 5.74) is 1.18. The Labute approximate surface area is 179 Å². The lowest BCUT2D eigenvalue weighted by Crippen LogP contribution is -2.14. The number of fused-ring (bicyclic) bond motifs is 1. The molecule has 0 aliphatic heterocycles. The van der Waals surface area contributed by atoms with Crippen LogP contribution in [0.4, 0.5) is 11.5 Å². The van der Waals surface area contributed by atoms with Gasteiger partial charge >= 0.3 is 0 Å². The summed E-state index contributed by atoms with van der Waals surface area (Å²) in [6.07, 6.45) is 0. The summed E-state index contributed by atoms with van der Waals surface area (Å²) >= 11 is 9.39. The number of benzene rings is 3. The first-order chi connectivity index (χ1) is 14.0. The molecule has 1 aromatic heterocycles. The number of H-pyrrole nitrogens is 1. The number of hydrogen-bond donors (Lipinski definition) is 3. The van der Waals surface area contributed by atoms with Gasteiger partial charge in [-0.15, -0.1) is 0 Å². The number of rotatable bonds is 4. The molecule has 0 spiro atoms. The standard InChI is InChI=1S/C21H14BrClN4O2/c22-17-18(21(29)24-16-11-5-7-12-6-1-2-8-13(12)16)26-27-19(17)25-20(28)14-9-3-4-10-15(14)23/h1-11H,(H,24,29)(H2,25,26,27,28). The smallest absolute Gasteiger partial charge is 0.274 e. The molecular formula is C21H14BrClN4O2. The Bertz CT molecular complexity index is 1230. The number of aromatic amines is 1. The van der Waals surface area contributed by atoms with E-state index in [1.807, 2.05) is 42.5 Å². The third-order valence-electron chi connectivity index (χ3n) is 4.32. The van der Waals surface area contributed by atoms with E-state index in [0.29, 0.717) is 20.7 Å². The Morgan fingerprint density at radius 1 is 0.897 bits per heavy atom. The number of nitrogens with zero attached hydrogens (tertiary/aromatic N) is 1. The topological polar surface area (TPSA) is 86.9 Å². The van der Waals surface area contributed by atoms with Crippen LogP contribution in [0, 0.1) is 0 Å². The van der Waals surface area contributed by atoms with Crippen molar-refractivity contribution < 1.29 is 9.59 Å². The normalized spacial score (nSPS) is 10.7. The van der Waals surface area contributed by atoms with Crippen molar-refractivity contribution in [3.8, 4) is 0 Å². The lowest BCUT2D eigenvalue weighted by atomic mass is 10.1. The molecule has 0 unspecified atom stereocenters. The molecule has 144 valence electrons. The van der Waals surface area contributed by atoms with Crippen LogP contribution in [-0.2, 0) is 0 Å². The minimum absolute atomic E-state index is 0.187. The Morgan fingerprint density at radius 3 is 2.45 bits per heavy atom. The van der Waals surface area contributed by atoms with Crippen LogP contribution in [0.25, 0.3) is 10.8 Å². The molecule has 0 bridgehead atoms. The number of carbonyl (C=O) groups is 2. The van der Waals surface area contributed by atoms with E-state index in [-0.39, 0.29) is 17.4 Å². The van der Waals surface area contributed by atoms with E-state index in [1.54, 1.807) is 24.3 Å². The van der Waals surface area contributed by atoms with Gasteiger partial charge in [-0.05, 0) is 39.5 Å². The van der Waals surface area contributed by atoms with Crippen molar-refractivity contribution in [3.63, 3.8) is 0 Å². The van der Waals surface area contributed by atoms with E-state index in [4.69, 9.17) is 11.6 Å². The summed E-state index contributed by atoms with van der Waals surface area (Å²) < 4.78 is 0.343. The summed E-state index contributed by atoms with van der Waals surface area (Å²) in [5.74, 6) is -0.624. The number of aromatic nitrogens is 2. The van der Waals surface area contributed by atoms with Crippen LogP contribution in [-0.4, -0.2) is 22.0 Å². The van der Waals surface area contributed by atoms with Crippen molar-refractivity contribution in [2.24, 2.45) is 0 Å². The minimum Gasteiger partial charge on any atom is -0.320 e. The third-order valence-corrected chi connectivity index (χ3v) is 5.42. The number of carbonyl (C=O) groups excluding carboxylic acids is 2. The van der Waals surface area contributed by atoms with Crippen molar-refractivity contribution in [3.05, 3.63) is 87.5 Å². The Balaban J connectivity index is 1.56. The zero-order valence-corrected chi connectivity index (χ0v) is 17.2. The molecule has 3 aromatic carbocycles. The lowest BCUT2D eigenvalue weighted by molar-refractivity contribution is 0.101. The van der Waals surface area contributed by atoms with Gasteiger partial charge in [0.2, 0.25) is 0 Å². The van der Waals surface area contributed by atoms with E-state index >= 15 is 0 Å². The molecule has 0 saturated heterocycles. The van der Waals surface area contributed by atoms with Gasteiger partial charge in [0.15, 0.2) is 5.82 Å².